The largest absolute Gasteiger partial charge is 0.368 e. The monoisotopic (exact) mass is 399 g/mol. The van der Waals surface area contributed by atoms with Crippen LogP contribution in [0.25, 0.3) is 11.1 Å². The standard InChI is InChI=1S/C22H29N3O2S/c26-28(27,24-19-9-5-2-6-10-19)20-11-12-22(25-15-13-23-14-16-25)21(17-20)18-7-3-1-4-8-18/h1,3-4,7-8,11-12,17,19,23-24H,2,5-6,9-10,13-16H2. The molecular formula is C22H29N3O2S. The highest BCUT2D eigenvalue weighted by Crippen LogP contribution is 2.33. The molecule has 2 N–H and O–H groups in total. The SMILES string of the molecule is O=S(=O)(NC1CCCCC1)c1ccc(N2CCNCC2)c(-c2ccccc2)c1. The Balaban J connectivity index is 1.69. The summed E-state index contributed by atoms with van der Waals surface area (Å²) in [6.07, 6.45) is 5.28. The van der Waals surface area contributed by atoms with Crippen molar-refractivity contribution in [2.75, 3.05) is 31.1 Å². The van der Waals surface area contributed by atoms with E-state index in [-0.39, 0.29) is 6.04 Å². The van der Waals surface area contributed by atoms with Gasteiger partial charge in [0.25, 0.3) is 0 Å². The molecule has 2 aromatic rings. The van der Waals surface area contributed by atoms with Crippen LogP contribution in [0.5, 0.6) is 0 Å². The summed E-state index contributed by atoms with van der Waals surface area (Å²) in [4.78, 5) is 2.69. The summed E-state index contributed by atoms with van der Waals surface area (Å²) in [5.74, 6) is 0. The van der Waals surface area contributed by atoms with Gasteiger partial charge in [-0.15, -0.1) is 0 Å². The van der Waals surface area contributed by atoms with Gasteiger partial charge in [0, 0.05) is 43.5 Å². The highest BCUT2D eigenvalue weighted by atomic mass is 32.2. The molecule has 2 aromatic carbocycles. The molecule has 0 amide bonds. The van der Waals surface area contributed by atoms with Gasteiger partial charge >= 0.3 is 0 Å². The Morgan fingerprint density at radius 2 is 1.64 bits per heavy atom. The number of benzene rings is 2. The van der Waals surface area contributed by atoms with Crippen LogP contribution < -0.4 is 14.9 Å². The number of piperazine rings is 1. The van der Waals surface area contributed by atoms with Crippen molar-refractivity contribution < 1.29 is 8.42 Å². The van der Waals surface area contributed by atoms with Crippen LogP contribution in [0.2, 0.25) is 0 Å². The Morgan fingerprint density at radius 1 is 0.929 bits per heavy atom. The molecule has 2 fully saturated rings. The molecule has 0 spiro atoms. The molecule has 28 heavy (non-hydrogen) atoms. The number of hydrogen-bond donors (Lipinski definition) is 2. The molecule has 1 saturated heterocycles. The second kappa shape index (κ2) is 8.64. The molecule has 0 aromatic heterocycles. The fourth-order valence-electron chi connectivity index (χ4n) is 4.22. The maximum atomic E-state index is 13.0. The molecule has 1 heterocycles. The van der Waals surface area contributed by atoms with Crippen molar-refractivity contribution in [1.82, 2.24) is 10.0 Å². The number of rotatable bonds is 5. The van der Waals surface area contributed by atoms with Crippen molar-refractivity contribution in [3.63, 3.8) is 0 Å². The smallest absolute Gasteiger partial charge is 0.240 e. The summed E-state index contributed by atoms with van der Waals surface area (Å²) >= 11 is 0. The Labute approximate surface area is 168 Å². The molecule has 0 atom stereocenters. The molecular weight excluding hydrogens is 370 g/mol. The van der Waals surface area contributed by atoms with Crippen LogP contribution in [0, 0.1) is 0 Å². The predicted octanol–water partition coefficient (Wildman–Crippen LogP) is 3.37. The van der Waals surface area contributed by atoms with Gasteiger partial charge in [-0.05, 0) is 36.6 Å². The summed E-state index contributed by atoms with van der Waals surface area (Å²) in [7, 11) is -3.52. The lowest BCUT2D eigenvalue weighted by molar-refractivity contribution is 0.412. The van der Waals surface area contributed by atoms with Crippen molar-refractivity contribution in [2.45, 2.75) is 43.0 Å². The maximum absolute atomic E-state index is 13.0. The third-order valence-electron chi connectivity index (χ3n) is 5.75. The van der Waals surface area contributed by atoms with E-state index in [1.54, 1.807) is 6.07 Å². The van der Waals surface area contributed by atoms with Crippen LogP contribution in [0.1, 0.15) is 32.1 Å². The van der Waals surface area contributed by atoms with Gasteiger partial charge in [0.15, 0.2) is 0 Å². The van der Waals surface area contributed by atoms with Gasteiger partial charge in [0.2, 0.25) is 10.0 Å². The molecule has 6 heteroatoms. The number of sulfonamides is 1. The molecule has 0 radical (unpaired) electrons. The van der Waals surface area contributed by atoms with Crippen molar-refractivity contribution >= 4 is 15.7 Å². The second-order valence-corrected chi connectivity index (χ2v) is 9.45. The first-order chi connectivity index (χ1) is 13.6. The van der Waals surface area contributed by atoms with Crippen molar-refractivity contribution in [3.05, 3.63) is 48.5 Å². The first kappa shape index (κ1) is 19.4. The third kappa shape index (κ3) is 4.40. The van der Waals surface area contributed by atoms with Gasteiger partial charge in [-0.3, -0.25) is 0 Å². The second-order valence-electron chi connectivity index (χ2n) is 7.74. The summed E-state index contributed by atoms with van der Waals surface area (Å²) in [5.41, 5.74) is 3.13. The predicted molar refractivity (Wildman–Crippen MR) is 114 cm³/mol. The normalized spacial score (nSPS) is 18.9. The van der Waals surface area contributed by atoms with E-state index in [2.05, 4.69) is 14.9 Å². The zero-order chi connectivity index (χ0) is 19.4. The average molecular weight is 400 g/mol. The van der Waals surface area contributed by atoms with E-state index in [0.717, 1.165) is 68.7 Å². The molecule has 4 rings (SSSR count). The number of hydrogen-bond acceptors (Lipinski definition) is 4. The minimum Gasteiger partial charge on any atom is -0.368 e. The van der Waals surface area contributed by atoms with E-state index in [1.807, 2.05) is 42.5 Å². The van der Waals surface area contributed by atoms with Crippen LogP contribution in [0.3, 0.4) is 0 Å². The molecule has 0 unspecified atom stereocenters. The van der Waals surface area contributed by atoms with Crippen LogP contribution in [0.15, 0.2) is 53.4 Å². The van der Waals surface area contributed by atoms with Gasteiger partial charge in [-0.25, -0.2) is 13.1 Å². The summed E-state index contributed by atoms with van der Waals surface area (Å²) in [6.45, 7) is 3.73. The van der Waals surface area contributed by atoms with E-state index < -0.39 is 10.0 Å². The number of nitrogens with one attached hydrogen (secondary N) is 2. The molecule has 1 saturated carbocycles. The molecule has 150 valence electrons. The van der Waals surface area contributed by atoms with E-state index in [0.29, 0.717) is 4.90 Å². The van der Waals surface area contributed by atoms with Crippen molar-refractivity contribution in [3.8, 4) is 11.1 Å². The topological polar surface area (TPSA) is 61.4 Å². The molecule has 5 nitrogen and oxygen atoms in total. The lowest BCUT2D eigenvalue weighted by atomic mass is 9.96. The highest BCUT2D eigenvalue weighted by Gasteiger charge is 2.24. The van der Waals surface area contributed by atoms with Crippen LogP contribution in [0.4, 0.5) is 5.69 Å². The first-order valence-electron chi connectivity index (χ1n) is 10.3. The van der Waals surface area contributed by atoms with E-state index in [4.69, 9.17) is 0 Å². The van der Waals surface area contributed by atoms with Crippen LogP contribution in [-0.2, 0) is 10.0 Å². The maximum Gasteiger partial charge on any atom is 0.240 e. The number of nitrogens with zero attached hydrogens (tertiary/aromatic N) is 1. The van der Waals surface area contributed by atoms with Gasteiger partial charge in [0.05, 0.1) is 4.90 Å². The zero-order valence-electron chi connectivity index (χ0n) is 16.2. The van der Waals surface area contributed by atoms with E-state index in [1.165, 1.54) is 6.42 Å². The fraction of sp³-hybridized carbons (Fsp3) is 0.455. The Bertz CT molecular complexity index is 887. The van der Waals surface area contributed by atoms with Gasteiger partial charge in [-0.2, -0.15) is 0 Å². The summed E-state index contributed by atoms with van der Waals surface area (Å²) < 4.78 is 29.0. The Hall–Kier alpha value is -1.89. The molecule has 1 aliphatic heterocycles. The lowest BCUT2D eigenvalue weighted by Gasteiger charge is -2.31. The summed E-state index contributed by atoms with van der Waals surface area (Å²) in [6, 6.07) is 15.7. The number of anilines is 1. The Morgan fingerprint density at radius 3 is 2.36 bits per heavy atom. The molecule has 2 aliphatic rings. The van der Waals surface area contributed by atoms with Crippen molar-refractivity contribution in [2.24, 2.45) is 0 Å². The van der Waals surface area contributed by atoms with Crippen molar-refractivity contribution in [1.29, 1.82) is 0 Å². The van der Waals surface area contributed by atoms with Crippen LogP contribution in [-0.4, -0.2) is 40.6 Å². The first-order valence-corrected chi connectivity index (χ1v) is 11.8. The van der Waals surface area contributed by atoms with E-state index in [9.17, 15) is 8.42 Å². The van der Waals surface area contributed by atoms with Crippen LogP contribution >= 0.6 is 0 Å². The Kier molecular flexibility index (Phi) is 5.99. The molecule has 1 aliphatic carbocycles. The molecule has 0 bridgehead atoms. The summed E-state index contributed by atoms with van der Waals surface area (Å²) in [5, 5.41) is 3.38. The van der Waals surface area contributed by atoms with Gasteiger partial charge in [0.1, 0.15) is 0 Å². The quantitative estimate of drug-likeness (QED) is 0.809. The minimum absolute atomic E-state index is 0.0618. The van der Waals surface area contributed by atoms with E-state index >= 15 is 0 Å². The van der Waals surface area contributed by atoms with Gasteiger partial charge in [-0.1, -0.05) is 49.6 Å². The highest BCUT2D eigenvalue weighted by molar-refractivity contribution is 7.89. The fourth-order valence-corrected chi connectivity index (χ4v) is 5.55. The minimum atomic E-state index is -3.52. The van der Waals surface area contributed by atoms with Gasteiger partial charge < -0.3 is 10.2 Å². The average Bonchev–Trinajstić information content (AvgIpc) is 2.75. The zero-order valence-corrected chi connectivity index (χ0v) is 17.0. The lowest BCUT2D eigenvalue weighted by Crippen LogP contribution is -2.43. The third-order valence-corrected chi connectivity index (χ3v) is 7.27.